The lowest BCUT2D eigenvalue weighted by Crippen LogP contribution is -2.71. The highest BCUT2D eigenvalue weighted by molar-refractivity contribution is 8.00. The van der Waals surface area contributed by atoms with Crippen molar-refractivity contribution in [3.63, 3.8) is 0 Å². The average molecular weight is 576 g/mol. The number of fused-ring (bicyclic) bond motifs is 1. The van der Waals surface area contributed by atoms with E-state index in [9.17, 15) is 14.4 Å². The third-order valence-corrected chi connectivity index (χ3v) is 8.34. The van der Waals surface area contributed by atoms with Crippen molar-refractivity contribution in [1.29, 1.82) is 0 Å². The number of rotatable bonds is 7. The maximum atomic E-state index is 14.1. The summed E-state index contributed by atoms with van der Waals surface area (Å²) < 4.78 is 15.6. The van der Waals surface area contributed by atoms with Crippen LogP contribution < -0.4 is 10.00 Å². The smallest absolute Gasteiger partial charge is 0.408 e. The fraction of sp³-hybridized carbons (Fsp3) is 0.355. The first-order valence-corrected chi connectivity index (χ1v) is 14.6. The minimum absolute atomic E-state index is 0.228. The van der Waals surface area contributed by atoms with Crippen molar-refractivity contribution in [2.45, 2.75) is 57.4 Å². The predicted octanol–water partition coefficient (Wildman–Crippen LogP) is 4.02. The van der Waals surface area contributed by atoms with Gasteiger partial charge in [-0.05, 0) is 44.4 Å². The summed E-state index contributed by atoms with van der Waals surface area (Å²) in [5.41, 5.74) is 2.96. The monoisotopic (exact) mass is 575 g/mol. The van der Waals surface area contributed by atoms with Gasteiger partial charge < -0.3 is 14.8 Å². The van der Waals surface area contributed by atoms with E-state index in [-0.39, 0.29) is 11.6 Å². The number of carbonyl (C=O) groups excluding carboxylic acids is 3. The number of nitrogens with zero attached hydrogens (tertiary/aromatic N) is 3. The molecule has 9 nitrogen and oxygen atoms in total. The van der Waals surface area contributed by atoms with Crippen LogP contribution >= 0.6 is 11.8 Å². The van der Waals surface area contributed by atoms with Gasteiger partial charge in [0.2, 0.25) is 0 Å². The minimum Gasteiger partial charge on any atom is -0.448 e. The highest BCUT2D eigenvalue weighted by Crippen LogP contribution is 2.42. The molecular formula is C31H35N4O5S+. The van der Waals surface area contributed by atoms with Crippen LogP contribution in [-0.4, -0.2) is 50.3 Å². The molecule has 3 heterocycles. The third kappa shape index (κ3) is 6.02. The molecule has 0 unspecified atom stereocenters. The number of carbonyl (C=O) groups is 3. The first-order chi connectivity index (χ1) is 19.5. The van der Waals surface area contributed by atoms with E-state index in [0.717, 1.165) is 22.4 Å². The van der Waals surface area contributed by atoms with Gasteiger partial charge in [-0.3, -0.25) is 9.69 Å². The molecule has 214 valence electrons. The summed E-state index contributed by atoms with van der Waals surface area (Å²) in [5, 5.41) is 2.24. The molecule has 2 aliphatic rings. The van der Waals surface area contributed by atoms with Crippen molar-refractivity contribution in [2.24, 2.45) is 7.05 Å². The van der Waals surface area contributed by atoms with Crippen LogP contribution in [0.2, 0.25) is 0 Å². The molecule has 0 radical (unpaired) electrons. The number of thioether (sulfide) groups is 1. The van der Waals surface area contributed by atoms with Gasteiger partial charge in [0.25, 0.3) is 5.91 Å². The molecule has 0 saturated carbocycles. The molecule has 10 heteroatoms. The van der Waals surface area contributed by atoms with Gasteiger partial charge in [-0.15, -0.1) is 16.4 Å². The molecule has 2 amide bonds. The van der Waals surface area contributed by atoms with E-state index in [4.69, 9.17) is 9.47 Å². The van der Waals surface area contributed by atoms with Crippen LogP contribution in [0.3, 0.4) is 0 Å². The van der Waals surface area contributed by atoms with Gasteiger partial charge in [-0.1, -0.05) is 60.7 Å². The van der Waals surface area contributed by atoms with Gasteiger partial charge in [-0.25, -0.2) is 9.59 Å². The van der Waals surface area contributed by atoms with Gasteiger partial charge in [0.05, 0.1) is 5.69 Å². The SMILES string of the molecule is Cc1cc[n+](C)n1CC1=C(C(=O)OC(c2ccccc2)c2ccccc2)N2C(=O)[C@@H](NC(=O)OC(C)(C)C)[C@H]2SC1. The maximum Gasteiger partial charge on any atom is 0.408 e. The standard InChI is InChI=1S/C31H34N4O5S/c1-20-16-17-33(5)34(20)18-23-19-41-28-24(32-30(38)40-31(2,3)4)27(36)35(28)25(23)29(37)39-26(21-12-8-6-9-13-21)22-14-10-7-11-15-22/h6-17,24,26,28H,18-19H2,1-5H3/p+1/t24-,28-/m1/s1. The fourth-order valence-electron chi connectivity index (χ4n) is 5.02. The first-order valence-electron chi connectivity index (χ1n) is 13.5. The number of benzene rings is 2. The molecule has 0 aliphatic carbocycles. The number of β-lactam (4-membered cyclic amide) rings is 1. The molecule has 5 rings (SSSR count). The van der Waals surface area contributed by atoms with E-state index >= 15 is 0 Å². The molecule has 1 saturated heterocycles. The largest absolute Gasteiger partial charge is 0.448 e. The number of ether oxygens (including phenoxy) is 2. The van der Waals surface area contributed by atoms with Crippen LogP contribution in [0.5, 0.6) is 0 Å². The lowest BCUT2D eigenvalue weighted by molar-refractivity contribution is -0.753. The Kier molecular flexibility index (Phi) is 7.95. The number of aryl methyl sites for hydroxylation is 2. The van der Waals surface area contributed by atoms with Crippen LogP contribution in [0.15, 0.2) is 84.2 Å². The topological polar surface area (TPSA) is 93.8 Å². The van der Waals surface area contributed by atoms with Crippen LogP contribution in [-0.2, 0) is 32.7 Å². The van der Waals surface area contributed by atoms with Crippen LogP contribution in [0.1, 0.15) is 43.7 Å². The van der Waals surface area contributed by atoms with Gasteiger partial charge >= 0.3 is 12.1 Å². The van der Waals surface area contributed by atoms with Crippen molar-refractivity contribution in [3.8, 4) is 0 Å². The quantitative estimate of drug-likeness (QED) is 0.260. The zero-order valence-corrected chi connectivity index (χ0v) is 24.7. The molecule has 1 N–H and O–H groups in total. The van der Waals surface area contributed by atoms with Gasteiger partial charge in [-0.2, -0.15) is 4.68 Å². The van der Waals surface area contributed by atoms with E-state index in [1.165, 1.54) is 16.7 Å². The molecule has 1 fully saturated rings. The zero-order valence-electron chi connectivity index (χ0n) is 23.9. The maximum absolute atomic E-state index is 14.1. The summed E-state index contributed by atoms with van der Waals surface area (Å²) in [7, 11) is 1.93. The Bertz CT molecular complexity index is 1420. The second-order valence-electron chi connectivity index (χ2n) is 11.2. The number of aromatic nitrogens is 2. The van der Waals surface area contributed by atoms with Crippen LogP contribution in [0.25, 0.3) is 0 Å². The Balaban J connectivity index is 1.48. The number of hydrogen-bond acceptors (Lipinski definition) is 6. The van der Waals surface area contributed by atoms with Gasteiger partial charge in [0.15, 0.2) is 19.3 Å². The number of nitrogens with one attached hydrogen (secondary N) is 1. The Morgan fingerprint density at radius 2 is 1.66 bits per heavy atom. The summed E-state index contributed by atoms with van der Waals surface area (Å²) in [4.78, 5) is 41.6. The summed E-state index contributed by atoms with van der Waals surface area (Å²) in [6.07, 6.45) is 0.615. The molecule has 3 aromatic rings. The van der Waals surface area contributed by atoms with E-state index in [2.05, 4.69) is 5.32 Å². The van der Waals surface area contributed by atoms with Crippen LogP contribution in [0.4, 0.5) is 4.79 Å². The molecular weight excluding hydrogens is 540 g/mol. The number of hydrogen-bond donors (Lipinski definition) is 1. The second kappa shape index (κ2) is 11.4. The van der Waals surface area contributed by atoms with Crippen LogP contribution in [0, 0.1) is 6.92 Å². The first kappa shape index (κ1) is 28.5. The number of alkyl carbamates (subject to hydrolysis) is 1. The van der Waals surface area contributed by atoms with Crippen molar-refractivity contribution in [1.82, 2.24) is 14.9 Å². The van der Waals surface area contributed by atoms with Crippen molar-refractivity contribution >= 4 is 29.7 Å². The average Bonchev–Trinajstić information content (AvgIpc) is 3.26. The third-order valence-electron chi connectivity index (χ3n) is 7.00. The number of amides is 2. The summed E-state index contributed by atoms with van der Waals surface area (Å²) in [6, 6.07) is 20.3. The Morgan fingerprint density at radius 1 is 1.05 bits per heavy atom. The summed E-state index contributed by atoms with van der Waals surface area (Å²) in [6.45, 7) is 7.69. The van der Waals surface area contributed by atoms with E-state index in [1.54, 1.807) is 20.8 Å². The molecule has 1 aromatic heterocycles. The minimum atomic E-state index is -0.803. The molecule has 41 heavy (non-hydrogen) atoms. The van der Waals surface area contributed by atoms with E-state index < -0.39 is 35.2 Å². The van der Waals surface area contributed by atoms with Crippen molar-refractivity contribution in [3.05, 3.63) is 101 Å². The van der Waals surface area contributed by atoms with Crippen molar-refractivity contribution < 1.29 is 28.5 Å². The van der Waals surface area contributed by atoms with E-state index in [1.807, 2.05) is 96.3 Å². The molecule has 0 bridgehead atoms. The lowest BCUT2D eigenvalue weighted by Gasteiger charge is -2.49. The van der Waals surface area contributed by atoms with E-state index in [0.29, 0.717) is 12.3 Å². The lowest BCUT2D eigenvalue weighted by atomic mass is 10.0. The summed E-state index contributed by atoms with van der Waals surface area (Å²) >= 11 is 1.51. The normalized spacial score (nSPS) is 18.6. The van der Waals surface area contributed by atoms with Crippen molar-refractivity contribution in [2.75, 3.05) is 5.75 Å². The Morgan fingerprint density at radius 3 is 2.20 bits per heavy atom. The second-order valence-corrected chi connectivity index (χ2v) is 12.3. The highest BCUT2D eigenvalue weighted by atomic mass is 32.2. The highest BCUT2D eigenvalue weighted by Gasteiger charge is 2.55. The Labute approximate surface area is 244 Å². The van der Waals surface area contributed by atoms with Gasteiger partial charge in [0.1, 0.15) is 29.3 Å². The fourth-order valence-corrected chi connectivity index (χ4v) is 6.36. The molecule has 2 aliphatic heterocycles. The molecule has 2 aromatic carbocycles. The predicted molar refractivity (Wildman–Crippen MR) is 154 cm³/mol. The molecule has 2 atom stereocenters. The van der Waals surface area contributed by atoms with Gasteiger partial charge in [0, 0.05) is 11.8 Å². The Hall–Kier alpha value is -4.05. The molecule has 0 spiro atoms. The number of esters is 1. The zero-order chi connectivity index (χ0) is 29.3. The summed E-state index contributed by atoms with van der Waals surface area (Å²) in [5.74, 6) is -0.466.